The van der Waals surface area contributed by atoms with Crippen molar-refractivity contribution >= 4 is 11.7 Å². The zero-order valence-corrected chi connectivity index (χ0v) is 11.7. The minimum absolute atomic E-state index is 0.0480. The molecule has 0 N–H and O–H groups in total. The summed E-state index contributed by atoms with van der Waals surface area (Å²) in [6.07, 6.45) is 2.38. The van der Waals surface area contributed by atoms with Crippen LogP contribution in [-0.4, -0.2) is 29.2 Å². The third-order valence-electron chi connectivity index (χ3n) is 3.99. The first kappa shape index (κ1) is 14.2. The molecule has 1 aliphatic carbocycles. The van der Waals surface area contributed by atoms with Crippen molar-refractivity contribution in [3.8, 4) is 0 Å². The number of hydrogen-bond donors (Lipinski definition) is 0. The van der Waals surface area contributed by atoms with Crippen LogP contribution in [0.4, 0.5) is 0 Å². The SMILES string of the molecule is CC(=O)C1C2CC(CN1C(C)=O)C2C.CCC. The summed E-state index contributed by atoms with van der Waals surface area (Å²) in [4.78, 5) is 24.6. The number of ketones is 1. The van der Waals surface area contributed by atoms with Crippen LogP contribution in [-0.2, 0) is 9.59 Å². The van der Waals surface area contributed by atoms with Crippen molar-refractivity contribution in [2.45, 2.75) is 53.5 Å². The lowest BCUT2D eigenvalue weighted by Crippen LogP contribution is -2.63. The molecular formula is C14H25NO2. The molecule has 3 aliphatic rings. The van der Waals surface area contributed by atoms with Crippen LogP contribution >= 0.6 is 0 Å². The highest BCUT2D eigenvalue weighted by Gasteiger charge is 2.52. The van der Waals surface area contributed by atoms with Gasteiger partial charge in [-0.25, -0.2) is 0 Å². The number of nitrogens with zero attached hydrogens (tertiary/aromatic N) is 1. The van der Waals surface area contributed by atoms with Gasteiger partial charge in [0, 0.05) is 13.5 Å². The number of piperidine rings is 2. The van der Waals surface area contributed by atoms with Crippen LogP contribution in [0, 0.1) is 17.8 Å². The van der Waals surface area contributed by atoms with E-state index in [2.05, 4.69) is 20.8 Å². The maximum Gasteiger partial charge on any atom is 0.220 e. The van der Waals surface area contributed by atoms with Crippen molar-refractivity contribution < 1.29 is 9.59 Å². The zero-order chi connectivity index (χ0) is 13.2. The van der Waals surface area contributed by atoms with Crippen molar-refractivity contribution in [1.82, 2.24) is 4.90 Å². The smallest absolute Gasteiger partial charge is 0.220 e. The Morgan fingerprint density at radius 3 is 2.12 bits per heavy atom. The molecule has 1 amide bonds. The molecule has 3 rings (SSSR count). The van der Waals surface area contributed by atoms with Crippen LogP contribution in [0.2, 0.25) is 0 Å². The standard InChI is InChI=1S/C11H17NO2.C3H8/c1-6-9-4-10(6)11(7(2)13)12(5-9)8(3)14;1-3-2/h6,9-11H,4-5H2,1-3H3;3H2,1-2H3. The third-order valence-corrected chi connectivity index (χ3v) is 3.99. The first-order chi connectivity index (χ1) is 7.93. The van der Waals surface area contributed by atoms with E-state index in [0.29, 0.717) is 17.8 Å². The molecule has 98 valence electrons. The van der Waals surface area contributed by atoms with E-state index in [0.717, 1.165) is 13.0 Å². The van der Waals surface area contributed by atoms with E-state index in [4.69, 9.17) is 0 Å². The quantitative estimate of drug-likeness (QED) is 0.705. The lowest BCUT2D eigenvalue weighted by Gasteiger charge is -2.56. The van der Waals surface area contributed by atoms with Gasteiger partial charge in [-0.3, -0.25) is 9.59 Å². The van der Waals surface area contributed by atoms with Crippen molar-refractivity contribution in [2.75, 3.05) is 6.54 Å². The molecule has 3 fully saturated rings. The number of amides is 1. The maximum absolute atomic E-state index is 11.5. The highest BCUT2D eigenvalue weighted by Crippen LogP contribution is 2.48. The maximum atomic E-state index is 11.5. The number of Topliss-reactive ketones (excluding diaryl/α,β-unsaturated/α-hetero) is 1. The van der Waals surface area contributed by atoms with Crippen molar-refractivity contribution in [1.29, 1.82) is 0 Å². The van der Waals surface area contributed by atoms with E-state index in [1.54, 1.807) is 18.7 Å². The molecule has 2 heterocycles. The molecule has 1 saturated carbocycles. The molecule has 3 nitrogen and oxygen atoms in total. The number of rotatable bonds is 1. The lowest BCUT2D eigenvalue weighted by molar-refractivity contribution is -0.156. The number of hydrogen-bond acceptors (Lipinski definition) is 2. The molecular weight excluding hydrogens is 214 g/mol. The Morgan fingerprint density at radius 1 is 1.24 bits per heavy atom. The van der Waals surface area contributed by atoms with Gasteiger partial charge < -0.3 is 4.90 Å². The first-order valence-corrected chi connectivity index (χ1v) is 6.71. The van der Waals surface area contributed by atoms with Gasteiger partial charge in [-0.1, -0.05) is 27.2 Å². The van der Waals surface area contributed by atoms with Crippen LogP contribution < -0.4 is 0 Å². The summed E-state index contributed by atoms with van der Waals surface area (Å²) in [7, 11) is 0. The molecule has 2 aliphatic heterocycles. The van der Waals surface area contributed by atoms with Gasteiger partial charge in [-0.05, 0) is 31.1 Å². The van der Waals surface area contributed by atoms with Gasteiger partial charge in [0.2, 0.25) is 5.91 Å². The highest BCUT2D eigenvalue weighted by atomic mass is 16.2. The van der Waals surface area contributed by atoms with Crippen LogP contribution in [0.3, 0.4) is 0 Å². The minimum atomic E-state index is -0.132. The summed E-state index contributed by atoms with van der Waals surface area (Å²) in [5, 5.41) is 0. The second kappa shape index (κ2) is 5.65. The highest BCUT2D eigenvalue weighted by molar-refractivity contribution is 5.87. The van der Waals surface area contributed by atoms with Crippen LogP contribution in [0.25, 0.3) is 0 Å². The van der Waals surface area contributed by atoms with Crippen molar-refractivity contribution in [3.63, 3.8) is 0 Å². The van der Waals surface area contributed by atoms with E-state index < -0.39 is 0 Å². The summed E-state index contributed by atoms with van der Waals surface area (Å²) < 4.78 is 0. The van der Waals surface area contributed by atoms with E-state index >= 15 is 0 Å². The van der Waals surface area contributed by atoms with Crippen LogP contribution in [0.15, 0.2) is 0 Å². The average Bonchev–Trinajstić information content (AvgIpc) is 2.28. The molecule has 0 aromatic carbocycles. The fraction of sp³-hybridized carbons (Fsp3) is 0.857. The van der Waals surface area contributed by atoms with Crippen LogP contribution in [0.1, 0.15) is 47.5 Å². The van der Waals surface area contributed by atoms with E-state index in [1.165, 1.54) is 6.42 Å². The average molecular weight is 239 g/mol. The Balaban J connectivity index is 0.000000437. The van der Waals surface area contributed by atoms with E-state index in [1.807, 2.05) is 0 Å². The molecule has 0 aromatic rings. The lowest BCUT2D eigenvalue weighted by atomic mass is 9.58. The molecule has 3 heteroatoms. The number of carbonyl (C=O) groups is 2. The van der Waals surface area contributed by atoms with Gasteiger partial charge in [0.25, 0.3) is 0 Å². The van der Waals surface area contributed by atoms with E-state index in [9.17, 15) is 9.59 Å². The molecule has 0 spiro atoms. The van der Waals surface area contributed by atoms with E-state index in [-0.39, 0.29) is 17.7 Å². The van der Waals surface area contributed by atoms with Gasteiger partial charge in [0.1, 0.15) is 0 Å². The number of carbonyl (C=O) groups excluding carboxylic acids is 2. The topological polar surface area (TPSA) is 37.4 Å². The Hall–Kier alpha value is -0.860. The number of fused-ring (bicyclic) bond motifs is 2. The Bertz CT molecular complexity index is 301. The summed E-state index contributed by atoms with van der Waals surface area (Å²) in [6.45, 7) is 10.4. The largest absolute Gasteiger partial charge is 0.332 e. The zero-order valence-electron chi connectivity index (χ0n) is 11.7. The van der Waals surface area contributed by atoms with Gasteiger partial charge in [-0.2, -0.15) is 0 Å². The third kappa shape index (κ3) is 2.70. The van der Waals surface area contributed by atoms with Gasteiger partial charge in [0.05, 0.1) is 6.04 Å². The molecule has 2 bridgehead atoms. The Kier molecular flexibility index (Phi) is 4.72. The predicted molar refractivity (Wildman–Crippen MR) is 68.6 cm³/mol. The normalized spacial score (nSPS) is 34.3. The van der Waals surface area contributed by atoms with Gasteiger partial charge in [0.15, 0.2) is 5.78 Å². The predicted octanol–water partition coefficient (Wildman–Crippen LogP) is 2.49. The first-order valence-electron chi connectivity index (χ1n) is 6.71. The summed E-state index contributed by atoms with van der Waals surface area (Å²) in [5.74, 6) is 1.89. The molecule has 17 heavy (non-hydrogen) atoms. The minimum Gasteiger partial charge on any atom is -0.332 e. The molecule has 4 unspecified atom stereocenters. The summed E-state index contributed by atoms with van der Waals surface area (Å²) in [6, 6.07) is -0.132. The van der Waals surface area contributed by atoms with Gasteiger partial charge in [-0.15, -0.1) is 0 Å². The molecule has 0 radical (unpaired) electrons. The second-order valence-electron chi connectivity index (χ2n) is 5.45. The molecule has 0 aromatic heterocycles. The van der Waals surface area contributed by atoms with Crippen molar-refractivity contribution in [2.24, 2.45) is 17.8 Å². The van der Waals surface area contributed by atoms with Gasteiger partial charge >= 0.3 is 0 Å². The van der Waals surface area contributed by atoms with Crippen LogP contribution in [0.5, 0.6) is 0 Å². The second-order valence-corrected chi connectivity index (χ2v) is 5.45. The summed E-state index contributed by atoms with van der Waals surface area (Å²) in [5.41, 5.74) is 0. The monoisotopic (exact) mass is 239 g/mol. The molecule has 2 saturated heterocycles. The molecule has 4 atom stereocenters. The Morgan fingerprint density at radius 2 is 1.76 bits per heavy atom. The fourth-order valence-electron chi connectivity index (χ4n) is 3.03. The Labute approximate surface area is 105 Å². The summed E-state index contributed by atoms with van der Waals surface area (Å²) >= 11 is 0. The fourth-order valence-corrected chi connectivity index (χ4v) is 3.03. The van der Waals surface area contributed by atoms with Crippen molar-refractivity contribution in [3.05, 3.63) is 0 Å².